The van der Waals surface area contributed by atoms with E-state index in [4.69, 9.17) is 4.74 Å². The molecule has 2 aliphatic rings. The summed E-state index contributed by atoms with van der Waals surface area (Å²) in [7, 11) is 1.89. The fraction of sp³-hybridized carbons (Fsp3) is 0.625. The Kier molecular flexibility index (Phi) is 4.39. The van der Waals surface area contributed by atoms with Crippen LogP contribution >= 0.6 is 0 Å². The SMILES string of the molecule is Cn1cc([C@H]2OCC[C@@H]2NC(=O)CC2=CCCCC2)cn1. The summed E-state index contributed by atoms with van der Waals surface area (Å²) in [6, 6.07) is 0.0610. The van der Waals surface area contributed by atoms with Gasteiger partial charge >= 0.3 is 0 Å². The van der Waals surface area contributed by atoms with Gasteiger partial charge in [0.15, 0.2) is 0 Å². The van der Waals surface area contributed by atoms with Crippen LogP contribution in [-0.4, -0.2) is 28.3 Å². The van der Waals surface area contributed by atoms with Gasteiger partial charge in [0.25, 0.3) is 0 Å². The van der Waals surface area contributed by atoms with Crippen LogP contribution in [0.15, 0.2) is 24.0 Å². The third-order valence-corrected chi connectivity index (χ3v) is 4.26. The van der Waals surface area contributed by atoms with Crippen LogP contribution in [0, 0.1) is 0 Å². The lowest BCUT2D eigenvalue weighted by Gasteiger charge is -2.20. The molecule has 1 saturated heterocycles. The van der Waals surface area contributed by atoms with Crippen molar-refractivity contribution in [1.82, 2.24) is 15.1 Å². The Morgan fingerprint density at radius 1 is 1.52 bits per heavy atom. The smallest absolute Gasteiger partial charge is 0.224 e. The third kappa shape index (κ3) is 3.53. The van der Waals surface area contributed by atoms with E-state index in [-0.39, 0.29) is 18.1 Å². The first-order chi connectivity index (χ1) is 10.2. The van der Waals surface area contributed by atoms with Crippen molar-refractivity contribution in [3.63, 3.8) is 0 Å². The van der Waals surface area contributed by atoms with Gasteiger partial charge in [0, 0.05) is 31.8 Å². The van der Waals surface area contributed by atoms with Crippen LogP contribution in [0.25, 0.3) is 0 Å². The zero-order chi connectivity index (χ0) is 14.7. The number of ether oxygens (including phenoxy) is 1. The minimum absolute atomic E-state index is 0.0610. The van der Waals surface area contributed by atoms with E-state index >= 15 is 0 Å². The van der Waals surface area contributed by atoms with Gasteiger partial charge in [-0.05, 0) is 32.1 Å². The summed E-state index contributed by atoms with van der Waals surface area (Å²) in [4.78, 5) is 12.2. The second-order valence-corrected chi connectivity index (χ2v) is 5.99. The molecule has 21 heavy (non-hydrogen) atoms. The lowest BCUT2D eigenvalue weighted by molar-refractivity contribution is -0.121. The van der Waals surface area contributed by atoms with Gasteiger partial charge in [0.1, 0.15) is 6.10 Å². The summed E-state index contributed by atoms with van der Waals surface area (Å²) in [5.41, 5.74) is 2.33. The molecule has 1 fully saturated rings. The molecule has 0 spiro atoms. The van der Waals surface area contributed by atoms with E-state index in [0.717, 1.165) is 24.8 Å². The minimum Gasteiger partial charge on any atom is -0.371 e. The number of rotatable bonds is 4. The first-order valence-corrected chi connectivity index (χ1v) is 7.80. The van der Waals surface area contributed by atoms with Gasteiger partial charge in [-0.2, -0.15) is 5.10 Å². The molecule has 1 aliphatic heterocycles. The molecule has 5 nitrogen and oxygen atoms in total. The molecule has 0 bridgehead atoms. The number of carbonyl (C=O) groups excluding carboxylic acids is 1. The quantitative estimate of drug-likeness (QED) is 0.865. The largest absolute Gasteiger partial charge is 0.371 e. The van der Waals surface area contributed by atoms with Crippen molar-refractivity contribution in [1.29, 1.82) is 0 Å². The van der Waals surface area contributed by atoms with E-state index in [9.17, 15) is 4.79 Å². The van der Waals surface area contributed by atoms with Crippen LogP contribution in [0.1, 0.15) is 50.2 Å². The van der Waals surface area contributed by atoms with E-state index in [2.05, 4.69) is 16.5 Å². The lowest BCUT2D eigenvalue weighted by atomic mass is 9.96. The number of aryl methyl sites for hydroxylation is 1. The van der Waals surface area contributed by atoms with Gasteiger partial charge in [-0.25, -0.2) is 0 Å². The summed E-state index contributed by atoms with van der Waals surface area (Å²) in [6.45, 7) is 0.688. The Morgan fingerprint density at radius 2 is 2.43 bits per heavy atom. The number of hydrogen-bond donors (Lipinski definition) is 1. The van der Waals surface area contributed by atoms with E-state index in [0.29, 0.717) is 13.0 Å². The highest BCUT2D eigenvalue weighted by Gasteiger charge is 2.31. The van der Waals surface area contributed by atoms with E-state index < -0.39 is 0 Å². The molecule has 0 unspecified atom stereocenters. The average Bonchev–Trinajstić information content (AvgIpc) is 3.08. The van der Waals surface area contributed by atoms with Crippen molar-refractivity contribution >= 4 is 5.91 Å². The molecule has 0 radical (unpaired) electrons. The number of nitrogens with zero attached hydrogens (tertiary/aromatic N) is 2. The van der Waals surface area contributed by atoms with Gasteiger partial charge in [0.05, 0.1) is 12.2 Å². The van der Waals surface area contributed by atoms with Gasteiger partial charge < -0.3 is 10.1 Å². The van der Waals surface area contributed by atoms with Crippen molar-refractivity contribution < 1.29 is 9.53 Å². The van der Waals surface area contributed by atoms with Crippen LogP contribution < -0.4 is 5.32 Å². The van der Waals surface area contributed by atoms with Crippen LogP contribution in [0.2, 0.25) is 0 Å². The molecule has 1 N–H and O–H groups in total. The molecule has 3 rings (SSSR count). The molecule has 1 aromatic rings. The van der Waals surface area contributed by atoms with Crippen LogP contribution in [0.4, 0.5) is 0 Å². The average molecular weight is 289 g/mol. The zero-order valence-corrected chi connectivity index (χ0v) is 12.5. The maximum absolute atomic E-state index is 12.2. The molecular weight excluding hydrogens is 266 g/mol. The Hall–Kier alpha value is -1.62. The Balaban J connectivity index is 1.58. The molecule has 1 aliphatic carbocycles. The molecule has 1 amide bonds. The van der Waals surface area contributed by atoms with Crippen LogP contribution in [0.5, 0.6) is 0 Å². The van der Waals surface area contributed by atoms with Crippen molar-refractivity contribution in [3.05, 3.63) is 29.6 Å². The molecule has 1 aromatic heterocycles. The summed E-state index contributed by atoms with van der Waals surface area (Å²) < 4.78 is 7.54. The normalized spacial score (nSPS) is 25.7. The number of aromatic nitrogens is 2. The fourth-order valence-corrected chi connectivity index (χ4v) is 3.18. The molecule has 0 aromatic carbocycles. The lowest BCUT2D eigenvalue weighted by Crippen LogP contribution is -2.36. The van der Waals surface area contributed by atoms with Gasteiger partial charge in [-0.15, -0.1) is 0 Å². The van der Waals surface area contributed by atoms with Gasteiger partial charge in [-0.1, -0.05) is 11.6 Å². The monoisotopic (exact) mass is 289 g/mol. The van der Waals surface area contributed by atoms with Crippen LogP contribution in [-0.2, 0) is 16.6 Å². The highest BCUT2D eigenvalue weighted by atomic mass is 16.5. The second-order valence-electron chi connectivity index (χ2n) is 5.99. The Bertz CT molecular complexity index is 535. The van der Waals surface area contributed by atoms with E-state index in [1.807, 2.05) is 19.4 Å². The van der Waals surface area contributed by atoms with E-state index in [1.54, 1.807) is 4.68 Å². The topological polar surface area (TPSA) is 56.1 Å². The molecule has 2 atom stereocenters. The first-order valence-electron chi connectivity index (χ1n) is 7.80. The molecule has 5 heteroatoms. The predicted octanol–water partition coefficient (Wildman–Crippen LogP) is 2.26. The molecule has 114 valence electrons. The molecule has 2 heterocycles. The van der Waals surface area contributed by atoms with Crippen molar-refractivity contribution in [2.24, 2.45) is 7.05 Å². The highest BCUT2D eigenvalue weighted by Crippen LogP contribution is 2.29. The zero-order valence-electron chi connectivity index (χ0n) is 12.5. The standard InChI is InChI=1S/C16H23N3O2/c1-19-11-13(10-17-19)16-14(7-8-21-16)18-15(20)9-12-5-3-2-4-6-12/h5,10-11,14,16H,2-4,6-9H2,1H3,(H,18,20)/t14-,16+/m0/s1. The predicted molar refractivity (Wildman–Crippen MR) is 79.6 cm³/mol. The highest BCUT2D eigenvalue weighted by molar-refractivity contribution is 5.79. The Morgan fingerprint density at radius 3 is 3.14 bits per heavy atom. The van der Waals surface area contributed by atoms with E-state index in [1.165, 1.54) is 18.4 Å². The Labute approximate surface area is 125 Å². The summed E-state index contributed by atoms with van der Waals surface area (Å²) in [6.07, 6.45) is 12.0. The number of hydrogen-bond acceptors (Lipinski definition) is 3. The maximum atomic E-state index is 12.2. The first kappa shape index (κ1) is 14.3. The molecular formula is C16H23N3O2. The number of amides is 1. The van der Waals surface area contributed by atoms with Crippen molar-refractivity contribution in [2.45, 2.75) is 50.7 Å². The van der Waals surface area contributed by atoms with Crippen molar-refractivity contribution in [2.75, 3.05) is 6.61 Å². The summed E-state index contributed by atoms with van der Waals surface area (Å²) >= 11 is 0. The number of nitrogens with one attached hydrogen (secondary N) is 1. The number of allylic oxidation sites excluding steroid dienone is 1. The van der Waals surface area contributed by atoms with Crippen molar-refractivity contribution in [3.8, 4) is 0 Å². The van der Waals surface area contributed by atoms with Crippen LogP contribution in [0.3, 0.4) is 0 Å². The van der Waals surface area contributed by atoms with Gasteiger partial charge in [-0.3, -0.25) is 9.48 Å². The number of carbonyl (C=O) groups is 1. The minimum atomic E-state index is -0.0667. The second kappa shape index (κ2) is 6.43. The maximum Gasteiger partial charge on any atom is 0.224 e. The fourth-order valence-electron chi connectivity index (χ4n) is 3.18. The summed E-state index contributed by atoms with van der Waals surface area (Å²) in [5.74, 6) is 0.118. The summed E-state index contributed by atoms with van der Waals surface area (Å²) in [5, 5.41) is 7.33. The third-order valence-electron chi connectivity index (χ3n) is 4.26. The van der Waals surface area contributed by atoms with Gasteiger partial charge in [0.2, 0.25) is 5.91 Å². The molecule has 0 saturated carbocycles.